The molecule has 0 aliphatic rings. The number of hydrogen-bond donors (Lipinski definition) is 1. The van der Waals surface area contributed by atoms with Gasteiger partial charge in [0.2, 0.25) is 0 Å². The molecule has 38 heavy (non-hydrogen) atoms. The van der Waals surface area contributed by atoms with E-state index in [9.17, 15) is 13.6 Å². The van der Waals surface area contributed by atoms with Crippen LogP contribution in [0, 0.1) is 24.5 Å². The Morgan fingerprint density at radius 3 is 2.26 bits per heavy atom. The molecule has 0 bridgehead atoms. The summed E-state index contributed by atoms with van der Waals surface area (Å²) in [5.74, 6) is -1.46. The lowest BCUT2D eigenvalue weighted by atomic mass is 9.99. The highest BCUT2D eigenvalue weighted by molar-refractivity contribution is 5.94. The molecule has 198 valence electrons. The second-order valence-electron chi connectivity index (χ2n) is 9.80. The summed E-state index contributed by atoms with van der Waals surface area (Å²) in [5.41, 5.74) is 9.54. The van der Waals surface area contributed by atoms with Gasteiger partial charge in [-0.05, 0) is 43.5 Å². The van der Waals surface area contributed by atoms with Gasteiger partial charge in [0, 0.05) is 30.4 Å². The second kappa shape index (κ2) is 12.1. The van der Waals surface area contributed by atoms with Crippen LogP contribution in [0.2, 0.25) is 0 Å². The van der Waals surface area contributed by atoms with Crippen molar-refractivity contribution in [3.05, 3.63) is 113 Å². The zero-order valence-electron chi connectivity index (χ0n) is 22.1. The van der Waals surface area contributed by atoms with Crippen molar-refractivity contribution in [3.63, 3.8) is 0 Å². The fourth-order valence-electron chi connectivity index (χ4n) is 4.86. The van der Waals surface area contributed by atoms with Crippen molar-refractivity contribution in [1.29, 1.82) is 0 Å². The van der Waals surface area contributed by atoms with E-state index in [2.05, 4.69) is 16.7 Å². The van der Waals surface area contributed by atoms with Crippen molar-refractivity contribution in [3.8, 4) is 11.3 Å². The Labute approximate surface area is 222 Å². The van der Waals surface area contributed by atoms with E-state index < -0.39 is 23.6 Å². The van der Waals surface area contributed by atoms with Gasteiger partial charge < -0.3 is 15.2 Å². The van der Waals surface area contributed by atoms with Crippen LogP contribution in [0.3, 0.4) is 0 Å². The number of nitrogens with zero attached hydrogens (tertiary/aromatic N) is 3. The Bertz CT molecular complexity index is 1370. The summed E-state index contributed by atoms with van der Waals surface area (Å²) in [4.78, 5) is 20.6. The first-order valence-corrected chi connectivity index (χ1v) is 12.9. The Hall–Kier alpha value is -3.84. The number of halogens is 2. The van der Waals surface area contributed by atoms with E-state index in [1.807, 2.05) is 69.3 Å². The van der Waals surface area contributed by atoms with E-state index in [0.717, 1.165) is 34.6 Å². The van der Waals surface area contributed by atoms with E-state index in [0.29, 0.717) is 31.9 Å². The molecule has 1 aromatic heterocycles. The van der Waals surface area contributed by atoms with Crippen molar-refractivity contribution in [2.45, 2.75) is 39.8 Å². The lowest BCUT2D eigenvalue weighted by Crippen LogP contribution is -2.40. The third-order valence-corrected chi connectivity index (χ3v) is 6.74. The molecule has 3 aromatic carbocycles. The summed E-state index contributed by atoms with van der Waals surface area (Å²) < 4.78 is 30.6. The minimum absolute atomic E-state index is 0.0554. The minimum atomic E-state index is -0.885. The highest BCUT2D eigenvalue weighted by Gasteiger charge is 2.34. The lowest BCUT2D eigenvalue weighted by molar-refractivity contribution is 0.0599. The van der Waals surface area contributed by atoms with Crippen molar-refractivity contribution >= 4 is 5.91 Å². The third-order valence-electron chi connectivity index (χ3n) is 6.74. The molecule has 4 aromatic rings. The molecule has 0 saturated carbocycles. The number of imidazole rings is 1. The van der Waals surface area contributed by atoms with Gasteiger partial charge in [0.15, 0.2) is 0 Å². The largest absolute Gasteiger partial charge is 0.330 e. The van der Waals surface area contributed by atoms with Crippen LogP contribution in [-0.4, -0.2) is 33.4 Å². The monoisotopic (exact) mass is 516 g/mol. The van der Waals surface area contributed by atoms with Gasteiger partial charge >= 0.3 is 0 Å². The topological polar surface area (TPSA) is 64.2 Å². The fourth-order valence-corrected chi connectivity index (χ4v) is 4.86. The molecule has 0 unspecified atom stereocenters. The summed E-state index contributed by atoms with van der Waals surface area (Å²) in [5, 5.41) is 0. The molecule has 0 aliphatic heterocycles. The quantitative estimate of drug-likeness (QED) is 0.266. The zero-order chi connectivity index (χ0) is 27.2. The van der Waals surface area contributed by atoms with E-state index in [1.54, 1.807) is 4.90 Å². The molecule has 2 N–H and O–H groups in total. The molecular weight excluding hydrogens is 482 g/mol. The molecular formula is C31H34F2N4O. The van der Waals surface area contributed by atoms with E-state index >= 15 is 0 Å². The van der Waals surface area contributed by atoms with Gasteiger partial charge in [0.25, 0.3) is 5.91 Å². The predicted octanol–water partition coefficient (Wildman–Crippen LogP) is 6.37. The van der Waals surface area contributed by atoms with Crippen molar-refractivity contribution < 1.29 is 13.6 Å². The number of amides is 1. The van der Waals surface area contributed by atoms with Crippen LogP contribution >= 0.6 is 0 Å². The Kier molecular flexibility index (Phi) is 8.69. The van der Waals surface area contributed by atoms with E-state index in [4.69, 9.17) is 10.7 Å². The molecule has 0 spiro atoms. The van der Waals surface area contributed by atoms with Crippen molar-refractivity contribution in [1.82, 2.24) is 14.5 Å². The number of hydrogen-bond acceptors (Lipinski definition) is 3. The predicted molar refractivity (Wildman–Crippen MR) is 147 cm³/mol. The Balaban J connectivity index is 1.88. The number of carbonyl (C=O) groups is 1. The Morgan fingerprint density at radius 1 is 1.00 bits per heavy atom. The molecule has 0 aliphatic carbocycles. The zero-order valence-corrected chi connectivity index (χ0v) is 22.1. The van der Waals surface area contributed by atoms with Crippen LogP contribution in [0.5, 0.6) is 0 Å². The summed E-state index contributed by atoms with van der Waals surface area (Å²) in [6, 6.07) is 22.6. The van der Waals surface area contributed by atoms with Gasteiger partial charge in [-0.3, -0.25) is 4.79 Å². The molecule has 1 amide bonds. The average molecular weight is 517 g/mol. The number of nitrogens with two attached hydrogens (primary N) is 1. The summed E-state index contributed by atoms with van der Waals surface area (Å²) in [7, 11) is 0. The molecule has 1 atom stereocenters. The highest BCUT2D eigenvalue weighted by Crippen LogP contribution is 2.35. The van der Waals surface area contributed by atoms with Gasteiger partial charge in [-0.1, -0.05) is 74.5 Å². The van der Waals surface area contributed by atoms with E-state index in [1.165, 1.54) is 6.07 Å². The maximum Gasteiger partial charge on any atom is 0.257 e. The molecule has 1 heterocycles. The van der Waals surface area contributed by atoms with Crippen LogP contribution in [0.1, 0.15) is 53.7 Å². The molecule has 0 saturated heterocycles. The first kappa shape index (κ1) is 27.2. The van der Waals surface area contributed by atoms with Crippen LogP contribution in [-0.2, 0) is 6.54 Å². The van der Waals surface area contributed by atoms with Crippen LogP contribution in [0.4, 0.5) is 8.78 Å². The smallest absolute Gasteiger partial charge is 0.257 e. The second-order valence-corrected chi connectivity index (χ2v) is 9.80. The van der Waals surface area contributed by atoms with Crippen LogP contribution in [0.25, 0.3) is 11.3 Å². The summed E-state index contributed by atoms with van der Waals surface area (Å²) >= 11 is 0. The normalized spacial score (nSPS) is 12.1. The summed E-state index contributed by atoms with van der Waals surface area (Å²) in [6.07, 6.45) is 0.529. The third kappa shape index (κ3) is 5.83. The van der Waals surface area contributed by atoms with Crippen LogP contribution < -0.4 is 5.73 Å². The van der Waals surface area contributed by atoms with Crippen molar-refractivity contribution in [2.75, 3.05) is 13.1 Å². The average Bonchev–Trinajstić information content (AvgIpc) is 3.22. The van der Waals surface area contributed by atoms with Crippen LogP contribution in [0.15, 0.2) is 78.9 Å². The van der Waals surface area contributed by atoms with Gasteiger partial charge in [-0.2, -0.15) is 0 Å². The number of rotatable bonds is 10. The first-order valence-electron chi connectivity index (χ1n) is 12.9. The molecule has 5 nitrogen and oxygen atoms in total. The molecule has 0 radical (unpaired) electrons. The standard InChI is InChI=1S/C31H34F2N4O/c1-21(2)29(36(18-10-17-34)31(38)26-16-15-25(32)19-27(26)33)30-35-28(24-13-8-5-9-14-24)22(3)37(30)20-23-11-6-4-7-12-23/h4-9,11-16,19,21,29H,10,17-18,20,34H2,1-3H3/t29-/m1/s1. The SMILES string of the molecule is Cc1c(-c2ccccc2)nc([C@@H](C(C)C)N(CCCN)C(=O)c2ccc(F)cc2F)n1Cc1ccccc1. The highest BCUT2D eigenvalue weighted by atomic mass is 19.1. The Morgan fingerprint density at radius 2 is 1.66 bits per heavy atom. The molecule has 7 heteroatoms. The molecule has 4 rings (SSSR count). The maximum atomic E-state index is 14.8. The summed E-state index contributed by atoms with van der Waals surface area (Å²) in [6.45, 7) is 7.32. The van der Waals surface area contributed by atoms with Gasteiger partial charge in [-0.25, -0.2) is 13.8 Å². The minimum Gasteiger partial charge on any atom is -0.330 e. The number of carbonyl (C=O) groups excluding carboxylic acids is 1. The maximum absolute atomic E-state index is 14.8. The lowest BCUT2D eigenvalue weighted by Gasteiger charge is -2.35. The van der Waals surface area contributed by atoms with E-state index in [-0.39, 0.29) is 11.5 Å². The fraction of sp³-hybridized carbons (Fsp3) is 0.290. The number of aromatic nitrogens is 2. The van der Waals surface area contributed by atoms with Gasteiger partial charge in [0.05, 0.1) is 17.3 Å². The van der Waals surface area contributed by atoms with Gasteiger partial charge in [-0.15, -0.1) is 0 Å². The van der Waals surface area contributed by atoms with Gasteiger partial charge in [0.1, 0.15) is 17.5 Å². The molecule has 0 fully saturated rings. The van der Waals surface area contributed by atoms with Crippen molar-refractivity contribution in [2.24, 2.45) is 11.7 Å². The number of benzene rings is 3. The first-order chi connectivity index (χ1) is 18.3.